The van der Waals surface area contributed by atoms with E-state index in [9.17, 15) is 4.79 Å². The third-order valence-electron chi connectivity index (χ3n) is 4.00. The normalized spacial score (nSPS) is 10.6. The average molecular weight is 342 g/mol. The van der Waals surface area contributed by atoms with Crippen LogP contribution in [0.25, 0.3) is 6.08 Å². The topological polar surface area (TPSA) is 32.3 Å². The van der Waals surface area contributed by atoms with E-state index in [-0.39, 0.29) is 6.03 Å². The molecular formula is C23H22N2O. The summed E-state index contributed by atoms with van der Waals surface area (Å²) in [5.41, 5.74) is 3.25. The quantitative estimate of drug-likeness (QED) is 0.666. The molecule has 3 heteroatoms. The third-order valence-corrected chi connectivity index (χ3v) is 4.00. The molecule has 0 unspecified atom stereocenters. The van der Waals surface area contributed by atoms with Crippen molar-refractivity contribution in [3.8, 4) is 0 Å². The highest BCUT2D eigenvalue weighted by Gasteiger charge is 2.13. The summed E-state index contributed by atoms with van der Waals surface area (Å²) in [4.78, 5) is 14.5. The molecule has 0 aliphatic heterocycles. The van der Waals surface area contributed by atoms with Crippen LogP contribution in [0.5, 0.6) is 0 Å². The Labute approximate surface area is 154 Å². The molecule has 3 rings (SSSR count). The molecule has 0 spiro atoms. The van der Waals surface area contributed by atoms with E-state index in [4.69, 9.17) is 0 Å². The molecule has 0 aromatic heterocycles. The predicted octanol–water partition coefficient (Wildman–Crippen LogP) is 5.07. The number of hydrogen-bond donors (Lipinski definition) is 1. The van der Waals surface area contributed by atoms with E-state index in [1.807, 2.05) is 97.1 Å². The number of benzene rings is 3. The molecule has 0 fully saturated rings. The summed E-state index contributed by atoms with van der Waals surface area (Å²) in [5.74, 6) is 0. The van der Waals surface area contributed by atoms with Crippen LogP contribution in [0.2, 0.25) is 0 Å². The molecule has 26 heavy (non-hydrogen) atoms. The van der Waals surface area contributed by atoms with Gasteiger partial charge in [0.25, 0.3) is 0 Å². The summed E-state index contributed by atoms with van der Waals surface area (Å²) in [6, 6.07) is 29.8. The van der Waals surface area contributed by atoms with Crippen LogP contribution in [0.1, 0.15) is 16.7 Å². The van der Waals surface area contributed by atoms with Gasteiger partial charge in [-0.2, -0.15) is 0 Å². The zero-order valence-corrected chi connectivity index (χ0v) is 14.6. The van der Waals surface area contributed by atoms with Crippen molar-refractivity contribution < 1.29 is 4.79 Å². The zero-order valence-electron chi connectivity index (χ0n) is 14.6. The molecule has 0 bridgehead atoms. The first-order valence-corrected chi connectivity index (χ1v) is 8.66. The van der Waals surface area contributed by atoms with Crippen molar-refractivity contribution in [2.45, 2.75) is 13.1 Å². The number of carbonyl (C=O) groups excluding carboxylic acids is 1. The zero-order chi connectivity index (χ0) is 18.0. The van der Waals surface area contributed by atoms with Crippen molar-refractivity contribution in [1.29, 1.82) is 0 Å². The van der Waals surface area contributed by atoms with Crippen LogP contribution >= 0.6 is 0 Å². The van der Waals surface area contributed by atoms with Gasteiger partial charge in [0.2, 0.25) is 0 Å². The van der Waals surface area contributed by atoms with E-state index < -0.39 is 0 Å². The Morgan fingerprint density at radius 3 is 1.69 bits per heavy atom. The van der Waals surface area contributed by atoms with Gasteiger partial charge in [0.05, 0.1) is 0 Å². The Morgan fingerprint density at radius 2 is 1.19 bits per heavy atom. The SMILES string of the molecule is O=C(N/C=C/c1ccccc1)N(Cc1ccccc1)Cc1ccccc1. The van der Waals surface area contributed by atoms with Crippen LogP contribution in [0, 0.1) is 0 Å². The summed E-state index contributed by atoms with van der Waals surface area (Å²) < 4.78 is 0. The summed E-state index contributed by atoms with van der Waals surface area (Å²) in [6.45, 7) is 1.11. The summed E-state index contributed by atoms with van der Waals surface area (Å²) in [7, 11) is 0. The fourth-order valence-corrected chi connectivity index (χ4v) is 2.67. The second-order valence-electron chi connectivity index (χ2n) is 6.02. The minimum atomic E-state index is -0.120. The van der Waals surface area contributed by atoms with E-state index >= 15 is 0 Å². The van der Waals surface area contributed by atoms with Crippen LogP contribution in [-0.2, 0) is 13.1 Å². The molecule has 0 saturated carbocycles. The predicted molar refractivity (Wildman–Crippen MR) is 106 cm³/mol. The van der Waals surface area contributed by atoms with Crippen LogP contribution in [-0.4, -0.2) is 10.9 Å². The molecule has 3 nitrogen and oxygen atoms in total. The molecule has 3 aromatic rings. The first kappa shape index (κ1) is 17.5. The Morgan fingerprint density at radius 1 is 0.731 bits per heavy atom. The summed E-state index contributed by atoms with van der Waals surface area (Å²) in [5, 5.41) is 2.88. The highest BCUT2D eigenvalue weighted by Crippen LogP contribution is 2.10. The molecule has 0 aliphatic rings. The fraction of sp³-hybridized carbons (Fsp3) is 0.0870. The lowest BCUT2D eigenvalue weighted by Crippen LogP contribution is -2.36. The number of urea groups is 1. The molecule has 1 N–H and O–H groups in total. The molecule has 0 saturated heterocycles. The highest BCUT2D eigenvalue weighted by molar-refractivity contribution is 5.76. The molecular weight excluding hydrogens is 320 g/mol. The van der Waals surface area contributed by atoms with Gasteiger partial charge in [-0.05, 0) is 22.8 Å². The van der Waals surface area contributed by atoms with Gasteiger partial charge in [0.1, 0.15) is 0 Å². The number of carbonyl (C=O) groups is 1. The maximum absolute atomic E-state index is 12.7. The third kappa shape index (κ3) is 5.35. The van der Waals surface area contributed by atoms with Crippen molar-refractivity contribution in [3.63, 3.8) is 0 Å². The molecule has 0 atom stereocenters. The van der Waals surface area contributed by atoms with Gasteiger partial charge in [-0.1, -0.05) is 91.0 Å². The number of rotatable bonds is 6. The Bertz CT molecular complexity index is 788. The van der Waals surface area contributed by atoms with E-state index in [1.54, 1.807) is 11.1 Å². The Hall–Kier alpha value is -3.33. The van der Waals surface area contributed by atoms with Crippen molar-refractivity contribution in [2.24, 2.45) is 0 Å². The first-order valence-electron chi connectivity index (χ1n) is 8.66. The highest BCUT2D eigenvalue weighted by atomic mass is 16.2. The molecule has 3 aromatic carbocycles. The van der Waals surface area contributed by atoms with Crippen LogP contribution in [0.3, 0.4) is 0 Å². The smallest absolute Gasteiger partial charge is 0.316 e. The lowest BCUT2D eigenvalue weighted by Gasteiger charge is -2.22. The van der Waals surface area contributed by atoms with E-state index in [0.29, 0.717) is 13.1 Å². The first-order chi connectivity index (χ1) is 12.8. The standard InChI is InChI=1S/C23H22N2O/c26-23(24-17-16-20-10-4-1-5-11-20)25(18-21-12-6-2-7-13-21)19-22-14-8-3-9-15-22/h1-17H,18-19H2,(H,24,26)/b17-16+. The van der Waals surface area contributed by atoms with Gasteiger partial charge < -0.3 is 10.2 Å². The number of hydrogen-bond acceptors (Lipinski definition) is 1. The Kier molecular flexibility index (Phi) is 6.21. The van der Waals surface area contributed by atoms with Gasteiger partial charge in [-0.3, -0.25) is 0 Å². The van der Waals surface area contributed by atoms with Gasteiger partial charge in [-0.15, -0.1) is 0 Å². The largest absolute Gasteiger partial charge is 0.321 e. The van der Waals surface area contributed by atoms with Crippen molar-refractivity contribution in [1.82, 2.24) is 10.2 Å². The lowest BCUT2D eigenvalue weighted by molar-refractivity contribution is 0.196. The van der Waals surface area contributed by atoms with Gasteiger partial charge >= 0.3 is 6.03 Å². The minimum Gasteiger partial charge on any atom is -0.316 e. The molecule has 2 amide bonds. The van der Waals surface area contributed by atoms with Crippen LogP contribution in [0.15, 0.2) is 97.2 Å². The van der Waals surface area contributed by atoms with Crippen molar-refractivity contribution >= 4 is 12.1 Å². The lowest BCUT2D eigenvalue weighted by atomic mass is 10.2. The molecule has 0 heterocycles. The van der Waals surface area contributed by atoms with Gasteiger partial charge in [0.15, 0.2) is 0 Å². The van der Waals surface area contributed by atoms with E-state index in [2.05, 4.69) is 5.32 Å². The number of amides is 2. The van der Waals surface area contributed by atoms with Gasteiger partial charge in [0, 0.05) is 19.3 Å². The summed E-state index contributed by atoms with van der Waals surface area (Å²) >= 11 is 0. The van der Waals surface area contributed by atoms with Crippen LogP contribution < -0.4 is 5.32 Å². The average Bonchev–Trinajstić information content (AvgIpc) is 2.70. The van der Waals surface area contributed by atoms with Crippen molar-refractivity contribution in [2.75, 3.05) is 0 Å². The van der Waals surface area contributed by atoms with E-state index in [0.717, 1.165) is 16.7 Å². The van der Waals surface area contributed by atoms with Crippen molar-refractivity contribution in [3.05, 3.63) is 114 Å². The number of nitrogens with one attached hydrogen (secondary N) is 1. The fourth-order valence-electron chi connectivity index (χ4n) is 2.67. The summed E-state index contributed by atoms with van der Waals surface area (Å²) in [6.07, 6.45) is 3.59. The van der Waals surface area contributed by atoms with Gasteiger partial charge in [-0.25, -0.2) is 4.79 Å². The second-order valence-corrected chi connectivity index (χ2v) is 6.02. The molecule has 0 radical (unpaired) electrons. The monoisotopic (exact) mass is 342 g/mol. The number of nitrogens with zero attached hydrogens (tertiary/aromatic N) is 1. The maximum Gasteiger partial charge on any atom is 0.321 e. The second kappa shape index (κ2) is 9.23. The molecule has 130 valence electrons. The minimum absolute atomic E-state index is 0.120. The molecule has 0 aliphatic carbocycles. The van der Waals surface area contributed by atoms with Crippen LogP contribution in [0.4, 0.5) is 4.79 Å². The Balaban J connectivity index is 1.69. The van der Waals surface area contributed by atoms with E-state index in [1.165, 1.54) is 0 Å². The maximum atomic E-state index is 12.7.